The van der Waals surface area contributed by atoms with E-state index in [1.54, 1.807) is 0 Å². The Labute approximate surface area is 105 Å². The van der Waals surface area contributed by atoms with E-state index in [2.05, 4.69) is 19.2 Å². The topological polar surface area (TPSA) is 49.3 Å². The molecule has 100 valence electrons. The molecule has 0 aliphatic heterocycles. The fourth-order valence-electron chi connectivity index (χ4n) is 2.97. The second-order valence-corrected chi connectivity index (χ2v) is 5.85. The van der Waals surface area contributed by atoms with E-state index in [-0.39, 0.29) is 24.0 Å². The summed E-state index contributed by atoms with van der Waals surface area (Å²) in [6.07, 6.45) is 6.12. The van der Waals surface area contributed by atoms with Gasteiger partial charge in [-0.1, -0.05) is 33.6 Å². The predicted octanol–water partition coefficient (Wildman–Crippen LogP) is 2.48. The monoisotopic (exact) mass is 241 g/mol. The minimum atomic E-state index is -0.156. The van der Waals surface area contributed by atoms with E-state index in [4.69, 9.17) is 5.11 Å². The van der Waals surface area contributed by atoms with E-state index < -0.39 is 0 Å². The molecule has 0 radical (unpaired) electrons. The second kappa shape index (κ2) is 6.39. The zero-order valence-electron chi connectivity index (χ0n) is 11.5. The van der Waals surface area contributed by atoms with Crippen LogP contribution in [0.3, 0.4) is 0 Å². The van der Waals surface area contributed by atoms with Gasteiger partial charge in [-0.05, 0) is 31.6 Å². The molecule has 0 aromatic rings. The third-order valence-corrected chi connectivity index (χ3v) is 3.89. The Morgan fingerprint density at radius 2 is 1.94 bits per heavy atom. The van der Waals surface area contributed by atoms with Crippen molar-refractivity contribution in [3.8, 4) is 0 Å². The quantitative estimate of drug-likeness (QED) is 0.750. The molecular weight excluding hydrogens is 214 g/mol. The van der Waals surface area contributed by atoms with Gasteiger partial charge in [-0.15, -0.1) is 0 Å². The van der Waals surface area contributed by atoms with Gasteiger partial charge < -0.3 is 10.4 Å². The van der Waals surface area contributed by atoms with Gasteiger partial charge in [-0.25, -0.2) is 0 Å². The van der Waals surface area contributed by atoms with E-state index in [0.717, 1.165) is 38.5 Å². The summed E-state index contributed by atoms with van der Waals surface area (Å²) in [5.74, 6) is 0.720. The van der Waals surface area contributed by atoms with Crippen LogP contribution < -0.4 is 5.32 Å². The fourth-order valence-corrected chi connectivity index (χ4v) is 2.97. The predicted molar refractivity (Wildman–Crippen MR) is 69.7 cm³/mol. The van der Waals surface area contributed by atoms with Crippen molar-refractivity contribution in [3.63, 3.8) is 0 Å². The molecule has 3 nitrogen and oxygen atoms in total. The molecule has 0 bridgehead atoms. The molecule has 17 heavy (non-hydrogen) atoms. The SMILES string of the molecule is CC[C@@H](CO)NC(=O)C1(CC(C)C)CCCC1. The molecule has 1 atom stereocenters. The summed E-state index contributed by atoms with van der Waals surface area (Å²) in [6.45, 7) is 6.39. The van der Waals surface area contributed by atoms with Gasteiger partial charge in [0.15, 0.2) is 0 Å². The standard InChI is InChI=1S/C14H27NO2/c1-4-12(10-16)15-13(17)14(9-11(2)3)7-5-6-8-14/h11-12,16H,4-10H2,1-3H3,(H,15,17)/t12-/m0/s1. The van der Waals surface area contributed by atoms with Crippen LogP contribution >= 0.6 is 0 Å². The first kappa shape index (κ1) is 14.5. The third-order valence-electron chi connectivity index (χ3n) is 3.89. The molecule has 0 aromatic heterocycles. The molecule has 0 unspecified atom stereocenters. The maximum atomic E-state index is 12.4. The highest BCUT2D eigenvalue weighted by molar-refractivity contribution is 5.83. The Balaban J connectivity index is 2.66. The van der Waals surface area contributed by atoms with E-state index in [9.17, 15) is 4.79 Å². The summed E-state index contributed by atoms with van der Waals surface area (Å²) in [6, 6.07) is -0.0767. The molecule has 1 rings (SSSR count). The van der Waals surface area contributed by atoms with Gasteiger partial charge in [0.2, 0.25) is 5.91 Å². The number of amides is 1. The van der Waals surface area contributed by atoms with Gasteiger partial charge in [0.05, 0.1) is 12.6 Å². The van der Waals surface area contributed by atoms with E-state index in [0.29, 0.717) is 5.92 Å². The van der Waals surface area contributed by atoms with Crippen LogP contribution in [0.15, 0.2) is 0 Å². The van der Waals surface area contributed by atoms with Crippen molar-refractivity contribution in [1.29, 1.82) is 0 Å². The zero-order chi connectivity index (χ0) is 12.9. The first-order valence-corrected chi connectivity index (χ1v) is 6.96. The van der Waals surface area contributed by atoms with Gasteiger partial charge in [0.25, 0.3) is 0 Å². The summed E-state index contributed by atoms with van der Waals surface area (Å²) < 4.78 is 0. The van der Waals surface area contributed by atoms with Gasteiger partial charge in [-0.2, -0.15) is 0 Å². The van der Waals surface area contributed by atoms with E-state index in [1.807, 2.05) is 6.92 Å². The highest BCUT2D eigenvalue weighted by Crippen LogP contribution is 2.43. The molecule has 3 heteroatoms. The molecule has 0 spiro atoms. The van der Waals surface area contributed by atoms with E-state index >= 15 is 0 Å². The normalized spacial score (nSPS) is 20.5. The van der Waals surface area contributed by atoms with Crippen LogP contribution in [-0.2, 0) is 4.79 Å². The number of aliphatic hydroxyl groups is 1. The van der Waals surface area contributed by atoms with Crippen LogP contribution in [0, 0.1) is 11.3 Å². The molecule has 0 heterocycles. The van der Waals surface area contributed by atoms with Crippen LogP contribution in [0.4, 0.5) is 0 Å². The molecule has 0 aromatic carbocycles. The summed E-state index contributed by atoms with van der Waals surface area (Å²) in [4.78, 5) is 12.4. The smallest absolute Gasteiger partial charge is 0.226 e. The lowest BCUT2D eigenvalue weighted by atomic mass is 9.77. The Bertz CT molecular complexity index is 241. The summed E-state index contributed by atoms with van der Waals surface area (Å²) in [5.41, 5.74) is -0.156. The lowest BCUT2D eigenvalue weighted by Crippen LogP contribution is -2.46. The van der Waals surface area contributed by atoms with Crippen LogP contribution in [0.2, 0.25) is 0 Å². The van der Waals surface area contributed by atoms with Crippen LogP contribution in [0.25, 0.3) is 0 Å². The maximum absolute atomic E-state index is 12.4. The second-order valence-electron chi connectivity index (χ2n) is 5.85. The number of nitrogens with one attached hydrogen (secondary N) is 1. The van der Waals surface area contributed by atoms with Crippen molar-refractivity contribution in [1.82, 2.24) is 5.32 Å². The summed E-state index contributed by atoms with van der Waals surface area (Å²) in [5, 5.41) is 12.2. The highest BCUT2D eigenvalue weighted by atomic mass is 16.3. The lowest BCUT2D eigenvalue weighted by Gasteiger charge is -2.31. The van der Waals surface area contributed by atoms with Crippen LogP contribution in [0.5, 0.6) is 0 Å². The van der Waals surface area contributed by atoms with Crippen molar-refractivity contribution in [2.75, 3.05) is 6.61 Å². The molecule has 0 saturated heterocycles. The summed E-state index contributed by atoms with van der Waals surface area (Å²) in [7, 11) is 0. The molecule has 1 fully saturated rings. The molecule has 1 aliphatic rings. The lowest BCUT2D eigenvalue weighted by molar-refractivity contribution is -0.132. The summed E-state index contributed by atoms with van der Waals surface area (Å²) >= 11 is 0. The molecule has 2 N–H and O–H groups in total. The minimum Gasteiger partial charge on any atom is -0.394 e. The van der Waals surface area contributed by atoms with Crippen LogP contribution in [0.1, 0.15) is 59.3 Å². The molecule has 1 amide bonds. The average molecular weight is 241 g/mol. The van der Waals surface area contributed by atoms with E-state index in [1.165, 1.54) is 0 Å². The Hall–Kier alpha value is -0.570. The molecule has 1 saturated carbocycles. The third kappa shape index (κ3) is 3.70. The van der Waals surface area contributed by atoms with Gasteiger partial charge in [0, 0.05) is 5.41 Å². The number of hydrogen-bond donors (Lipinski definition) is 2. The van der Waals surface area contributed by atoms with Crippen molar-refractivity contribution >= 4 is 5.91 Å². The molecular formula is C14H27NO2. The Morgan fingerprint density at radius 1 is 1.35 bits per heavy atom. The number of carbonyl (C=O) groups is 1. The van der Waals surface area contributed by atoms with Gasteiger partial charge in [0.1, 0.15) is 0 Å². The van der Waals surface area contributed by atoms with Crippen molar-refractivity contribution in [2.45, 2.75) is 65.3 Å². The van der Waals surface area contributed by atoms with Crippen molar-refractivity contribution in [3.05, 3.63) is 0 Å². The maximum Gasteiger partial charge on any atom is 0.226 e. The van der Waals surface area contributed by atoms with Crippen LogP contribution in [-0.4, -0.2) is 23.7 Å². The Kier molecular flexibility index (Phi) is 5.44. The fraction of sp³-hybridized carbons (Fsp3) is 0.929. The number of carbonyl (C=O) groups excluding carboxylic acids is 1. The van der Waals surface area contributed by atoms with Gasteiger partial charge >= 0.3 is 0 Å². The van der Waals surface area contributed by atoms with Gasteiger partial charge in [-0.3, -0.25) is 4.79 Å². The number of hydrogen-bond acceptors (Lipinski definition) is 2. The molecule has 1 aliphatic carbocycles. The van der Waals surface area contributed by atoms with Crippen molar-refractivity contribution in [2.24, 2.45) is 11.3 Å². The number of aliphatic hydroxyl groups excluding tert-OH is 1. The number of rotatable bonds is 6. The average Bonchev–Trinajstić information content (AvgIpc) is 2.74. The van der Waals surface area contributed by atoms with Crippen molar-refractivity contribution < 1.29 is 9.90 Å². The largest absolute Gasteiger partial charge is 0.394 e. The first-order chi connectivity index (χ1) is 8.04. The Morgan fingerprint density at radius 3 is 2.35 bits per heavy atom. The highest BCUT2D eigenvalue weighted by Gasteiger charge is 2.41. The minimum absolute atomic E-state index is 0.0417. The zero-order valence-corrected chi connectivity index (χ0v) is 11.5. The first-order valence-electron chi connectivity index (χ1n) is 6.96.